The first-order valence-electron chi connectivity index (χ1n) is 6.80. The van der Waals surface area contributed by atoms with Gasteiger partial charge in [0.05, 0.1) is 6.54 Å². The van der Waals surface area contributed by atoms with E-state index in [9.17, 15) is 9.18 Å². The molecule has 0 heterocycles. The summed E-state index contributed by atoms with van der Waals surface area (Å²) in [7, 11) is 0. The normalized spacial score (nSPS) is 10.2. The molecule has 0 bridgehead atoms. The number of nitrogens with one attached hydrogen (secondary N) is 1. The summed E-state index contributed by atoms with van der Waals surface area (Å²) in [5, 5.41) is 2.79. The fourth-order valence-corrected chi connectivity index (χ4v) is 1.85. The smallest absolute Gasteiger partial charge is 0.251 e. The lowest BCUT2D eigenvalue weighted by Crippen LogP contribution is -2.28. The molecule has 1 amide bonds. The van der Waals surface area contributed by atoms with Crippen LogP contribution in [0.3, 0.4) is 0 Å². The molecule has 0 aliphatic carbocycles. The van der Waals surface area contributed by atoms with Crippen LogP contribution in [0, 0.1) is 19.7 Å². The molecule has 0 aromatic heterocycles. The summed E-state index contributed by atoms with van der Waals surface area (Å²) in [6.45, 7) is 4.71. The highest BCUT2D eigenvalue weighted by atomic mass is 19.1. The summed E-state index contributed by atoms with van der Waals surface area (Å²) in [4.78, 5) is 11.9. The topological polar surface area (TPSA) is 38.3 Å². The summed E-state index contributed by atoms with van der Waals surface area (Å²) in [6, 6.07) is 11.4. The largest absolute Gasteiger partial charge is 0.492 e. The number of benzene rings is 2. The minimum atomic E-state index is -0.301. The first kappa shape index (κ1) is 15.0. The van der Waals surface area contributed by atoms with Crippen LogP contribution in [0.5, 0.6) is 5.75 Å². The Morgan fingerprint density at radius 2 is 1.81 bits per heavy atom. The van der Waals surface area contributed by atoms with Gasteiger partial charge in [-0.2, -0.15) is 0 Å². The number of carbonyl (C=O) groups is 1. The molecule has 2 aromatic carbocycles. The van der Waals surface area contributed by atoms with Crippen LogP contribution >= 0.6 is 0 Å². The fraction of sp³-hybridized carbons (Fsp3) is 0.235. The van der Waals surface area contributed by atoms with Gasteiger partial charge in [0.2, 0.25) is 0 Å². The van der Waals surface area contributed by atoms with E-state index < -0.39 is 0 Å². The van der Waals surface area contributed by atoms with E-state index in [-0.39, 0.29) is 11.7 Å². The first-order valence-corrected chi connectivity index (χ1v) is 6.80. The lowest BCUT2D eigenvalue weighted by Gasteiger charge is -2.09. The summed E-state index contributed by atoms with van der Waals surface area (Å²) in [5.41, 5.74) is 2.89. The fourth-order valence-electron chi connectivity index (χ4n) is 1.85. The Morgan fingerprint density at radius 3 is 2.48 bits per heavy atom. The van der Waals surface area contributed by atoms with Gasteiger partial charge in [-0.15, -0.1) is 0 Å². The molecule has 0 unspecified atom stereocenters. The molecule has 110 valence electrons. The van der Waals surface area contributed by atoms with E-state index in [1.54, 1.807) is 18.2 Å². The summed E-state index contributed by atoms with van der Waals surface area (Å²) in [5.74, 6) is 0.156. The number of aryl methyl sites for hydroxylation is 2. The number of rotatable bonds is 5. The van der Waals surface area contributed by atoms with Gasteiger partial charge < -0.3 is 10.1 Å². The van der Waals surface area contributed by atoms with E-state index in [1.165, 1.54) is 12.1 Å². The SMILES string of the molecule is Cc1ccc(C(=O)NCCOc2ccc(F)cc2)cc1C. The van der Waals surface area contributed by atoms with Gasteiger partial charge in [0, 0.05) is 5.56 Å². The van der Waals surface area contributed by atoms with Crippen molar-refractivity contribution in [1.29, 1.82) is 0 Å². The maximum absolute atomic E-state index is 12.7. The average Bonchev–Trinajstić information content (AvgIpc) is 2.48. The summed E-state index contributed by atoms with van der Waals surface area (Å²) >= 11 is 0. The van der Waals surface area contributed by atoms with E-state index >= 15 is 0 Å². The second-order valence-corrected chi connectivity index (χ2v) is 4.86. The number of amides is 1. The van der Waals surface area contributed by atoms with Crippen molar-refractivity contribution in [3.05, 3.63) is 65.0 Å². The Balaban J connectivity index is 1.79. The Kier molecular flexibility index (Phi) is 4.93. The van der Waals surface area contributed by atoms with Crippen molar-refractivity contribution in [2.24, 2.45) is 0 Å². The van der Waals surface area contributed by atoms with E-state index in [0.717, 1.165) is 11.1 Å². The van der Waals surface area contributed by atoms with Crippen molar-refractivity contribution < 1.29 is 13.9 Å². The zero-order chi connectivity index (χ0) is 15.2. The number of hydrogen-bond donors (Lipinski definition) is 1. The third-order valence-electron chi connectivity index (χ3n) is 3.24. The highest BCUT2D eigenvalue weighted by molar-refractivity contribution is 5.94. The van der Waals surface area contributed by atoms with Crippen LogP contribution in [0.2, 0.25) is 0 Å². The van der Waals surface area contributed by atoms with Gasteiger partial charge in [0.25, 0.3) is 5.91 Å². The van der Waals surface area contributed by atoms with Crippen molar-refractivity contribution in [3.63, 3.8) is 0 Å². The predicted molar refractivity (Wildman–Crippen MR) is 80.1 cm³/mol. The molecule has 1 N–H and O–H groups in total. The number of halogens is 1. The Morgan fingerprint density at radius 1 is 1.10 bits per heavy atom. The van der Waals surface area contributed by atoms with Gasteiger partial charge in [-0.25, -0.2) is 4.39 Å². The molecule has 0 radical (unpaired) electrons. The van der Waals surface area contributed by atoms with Crippen molar-refractivity contribution in [2.75, 3.05) is 13.2 Å². The molecule has 4 heteroatoms. The Hall–Kier alpha value is -2.36. The standard InChI is InChI=1S/C17H18FNO2/c1-12-3-4-14(11-13(12)2)17(20)19-9-10-21-16-7-5-15(18)6-8-16/h3-8,11H,9-10H2,1-2H3,(H,19,20). The number of ether oxygens (including phenoxy) is 1. The van der Waals surface area contributed by atoms with E-state index in [2.05, 4.69) is 5.32 Å². The molecule has 0 fully saturated rings. The molecule has 3 nitrogen and oxygen atoms in total. The van der Waals surface area contributed by atoms with Crippen molar-refractivity contribution in [3.8, 4) is 5.75 Å². The van der Waals surface area contributed by atoms with Gasteiger partial charge in [0.1, 0.15) is 18.2 Å². The zero-order valence-electron chi connectivity index (χ0n) is 12.2. The highest BCUT2D eigenvalue weighted by Crippen LogP contribution is 2.11. The monoisotopic (exact) mass is 287 g/mol. The van der Waals surface area contributed by atoms with Gasteiger partial charge in [-0.1, -0.05) is 6.07 Å². The van der Waals surface area contributed by atoms with E-state index in [4.69, 9.17) is 4.74 Å². The maximum Gasteiger partial charge on any atom is 0.251 e. The van der Waals surface area contributed by atoms with Gasteiger partial charge in [-0.3, -0.25) is 4.79 Å². The molecule has 0 atom stereocenters. The van der Waals surface area contributed by atoms with E-state index in [1.807, 2.05) is 26.0 Å². The average molecular weight is 287 g/mol. The van der Waals surface area contributed by atoms with Crippen LogP contribution in [0.1, 0.15) is 21.5 Å². The molecule has 2 rings (SSSR count). The summed E-state index contributed by atoms with van der Waals surface area (Å²) in [6.07, 6.45) is 0. The molecule has 21 heavy (non-hydrogen) atoms. The van der Waals surface area contributed by atoms with Crippen molar-refractivity contribution in [1.82, 2.24) is 5.32 Å². The third kappa shape index (κ3) is 4.31. The van der Waals surface area contributed by atoms with Gasteiger partial charge in [-0.05, 0) is 61.4 Å². The lowest BCUT2D eigenvalue weighted by molar-refractivity contribution is 0.0947. The first-order chi connectivity index (χ1) is 10.1. The quantitative estimate of drug-likeness (QED) is 0.857. The molecular weight excluding hydrogens is 269 g/mol. The van der Waals surface area contributed by atoms with Crippen LogP contribution in [-0.4, -0.2) is 19.1 Å². The zero-order valence-corrected chi connectivity index (χ0v) is 12.2. The van der Waals surface area contributed by atoms with Crippen molar-refractivity contribution in [2.45, 2.75) is 13.8 Å². The molecule has 0 saturated carbocycles. The minimum Gasteiger partial charge on any atom is -0.492 e. The van der Waals surface area contributed by atoms with Crippen LogP contribution in [0.15, 0.2) is 42.5 Å². The molecule has 0 aliphatic heterocycles. The summed E-state index contributed by atoms with van der Waals surface area (Å²) < 4.78 is 18.1. The van der Waals surface area contributed by atoms with Gasteiger partial charge >= 0.3 is 0 Å². The second-order valence-electron chi connectivity index (χ2n) is 4.86. The van der Waals surface area contributed by atoms with E-state index in [0.29, 0.717) is 24.5 Å². The van der Waals surface area contributed by atoms with Crippen molar-refractivity contribution >= 4 is 5.91 Å². The predicted octanol–water partition coefficient (Wildman–Crippen LogP) is 3.25. The Labute approximate surface area is 123 Å². The van der Waals surface area contributed by atoms with Crippen LogP contribution in [-0.2, 0) is 0 Å². The molecule has 2 aromatic rings. The number of carbonyl (C=O) groups excluding carboxylic acids is 1. The molecular formula is C17H18FNO2. The maximum atomic E-state index is 12.7. The second kappa shape index (κ2) is 6.88. The minimum absolute atomic E-state index is 0.124. The Bertz CT molecular complexity index is 623. The molecule has 0 saturated heterocycles. The number of hydrogen-bond acceptors (Lipinski definition) is 2. The molecule has 0 aliphatic rings. The van der Waals surface area contributed by atoms with Crippen LogP contribution < -0.4 is 10.1 Å². The highest BCUT2D eigenvalue weighted by Gasteiger charge is 2.05. The van der Waals surface area contributed by atoms with Gasteiger partial charge in [0.15, 0.2) is 0 Å². The third-order valence-corrected chi connectivity index (χ3v) is 3.24. The van der Waals surface area contributed by atoms with Crippen LogP contribution in [0.4, 0.5) is 4.39 Å². The lowest BCUT2D eigenvalue weighted by atomic mass is 10.1. The van der Waals surface area contributed by atoms with Crippen LogP contribution in [0.25, 0.3) is 0 Å². The molecule has 0 spiro atoms.